The lowest BCUT2D eigenvalue weighted by molar-refractivity contribution is -0.134. The van der Waals surface area contributed by atoms with Gasteiger partial charge in [0, 0.05) is 32.5 Å². The van der Waals surface area contributed by atoms with Crippen LogP contribution in [0.3, 0.4) is 0 Å². The summed E-state index contributed by atoms with van der Waals surface area (Å²) in [5, 5.41) is 3.09. The number of nitrogens with zero attached hydrogens (tertiary/aromatic N) is 1. The maximum atomic E-state index is 12.4. The van der Waals surface area contributed by atoms with Gasteiger partial charge in [0.05, 0.1) is 0 Å². The Hall–Kier alpha value is -1.06. The average Bonchev–Trinajstić information content (AvgIpc) is 2.47. The van der Waals surface area contributed by atoms with Crippen LogP contribution in [0.15, 0.2) is 0 Å². The minimum absolute atomic E-state index is 0.219. The van der Waals surface area contributed by atoms with Crippen molar-refractivity contribution in [2.24, 2.45) is 23.2 Å². The molecule has 0 unspecified atom stereocenters. The molecule has 0 aromatic heterocycles. The van der Waals surface area contributed by atoms with Crippen LogP contribution in [0.4, 0.5) is 0 Å². The van der Waals surface area contributed by atoms with Gasteiger partial charge in [0.25, 0.3) is 0 Å². The van der Waals surface area contributed by atoms with Crippen molar-refractivity contribution in [2.75, 3.05) is 19.6 Å². The van der Waals surface area contributed by atoms with E-state index >= 15 is 0 Å². The first kappa shape index (κ1) is 15.5. The molecule has 0 radical (unpaired) electrons. The molecule has 1 saturated heterocycles. The Morgan fingerprint density at radius 3 is 2.35 bits per heavy atom. The van der Waals surface area contributed by atoms with Crippen molar-refractivity contribution in [2.45, 2.75) is 64.2 Å². The van der Waals surface area contributed by atoms with E-state index in [0.717, 1.165) is 43.6 Å². The predicted molar refractivity (Wildman–Crippen MR) is 88.7 cm³/mol. The van der Waals surface area contributed by atoms with Gasteiger partial charge in [-0.25, -0.2) is 0 Å². The van der Waals surface area contributed by atoms with Gasteiger partial charge < -0.3 is 10.2 Å². The van der Waals surface area contributed by atoms with Crippen molar-refractivity contribution in [3.8, 4) is 0 Å². The van der Waals surface area contributed by atoms with Crippen LogP contribution in [0.2, 0.25) is 0 Å². The number of likely N-dealkylation sites (tertiary alicyclic amines) is 1. The fraction of sp³-hybridized carbons (Fsp3) is 0.895. The second-order valence-electron chi connectivity index (χ2n) is 8.78. The molecule has 128 valence electrons. The number of hydrogen-bond acceptors (Lipinski definition) is 2. The zero-order chi connectivity index (χ0) is 15.9. The molecule has 4 saturated carbocycles. The number of nitrogens with one attached hydrogen (secondary N) is 1. The first-order valence-electron chi connectivity index (χ1n) is 9.66. The Bertz CT molecular complexity index is 452. The van der Waals surface area contributed by atoms with Crippen LogP contribution < -0.4 is 5.32 Å². The van der Waals surface area contributed by atoms with E-state index in [2.05, 4.69) is 5.32 Å². The zero-order valence-corrected chi connectivity index (χ0v) is 14.2. The van der Waals surface area contributed by atoms with Crippen LogP contribution in [0.25, 0.3) is 0 Å². The van der Waals surface area contributed by atoms with Crippen LogP contribution in [0.1, 0.15) is 64.2 Å². The number of hydrogen-bond donors (Lipinski definition) is 1. The quantitative estimate of drug-likeness (QED) is 0.847. The summed E-state index contributed by atoms with van der Waals surface area (Å²) in [4.78, 5) is 26.1. The highest BCUT2D eigenvalue weighted by atomic mass is 16.2. The lowest BCUT2D eigenvalue weighted by Crippen LogP contribution is -2.48. The van der Waals surface area contributed by atoms with Gasteiger partial charge in [0.2, 0.25) is 11.8 Å². The van der Waals surface area contributed by atoms with Crippen LogP contribution in [0, 0.1) is 23.2 Å². The fourth-order valence-corrected chi connectivity index (χ4v) is 6.34. The number of amides is 2. The van der Waals surface area contributed by atoms with E-state index in [0.29, 0.717) is 24.9 Å². The van der Waals surface area contributed by atoms with Gasteiger partial charge in [-0.05, 0) is 74.5 Å². The lowest BCUT2D eigenvalue weighted by Gasteiger charge is -2.56. The average molecular weight is 318 g/mol. The van der Waals surface area contributed by atoms with Crippen molar-refractivity contribution < 1.29 is 9.59 Å². The summed E-state index contributed by atoms with van der Waals surface area (Å²) in [6.45, 7) is 2.17. The van der Waals surface area contributed by atoms with Gasteiger partial charge in [-0.3, -0.25) is 9.59 Å². The predicted octanol–water partition coefficient (Wildman–Crippen LogP) is 2.72. The summed E-state index contributed by atoms with van der Waals surface area (Å²) < 4.78 is 0. The molecule has 5 aliphatic rings. The molecule has 4 aliphatic carbocycles. The molecular weight excluding hydrogens is 288 g/mol. The second-order valence-corrected chi connectivity index (χ2v) is 8.78. The van der Waals surface area contributed by atoms with Crippen molar-refractivity contribution in [1.82, 2.24) is 10.2 Å². The molecular formula is C19H30N2O2. The number of piperidine rings is 1. The Morgan fingerprint density at radius 1 is 1.09 bits per heavy atom. The number of carbonyl (C=O) groups excluding carboxylic acids is 2. The highest BCUT2D eigenvalue weighted by Crippen LogP contribution is 2.61. The first-order chi connectivity index (χ1) is 11.1. The molecule has 2 amide bonds. The third kappa shape index (κ3) is 3.27. The third-order valence-electron chi connectivity index (χ3n) is 6.83. The van der Waals surface area contributed by atoms with E-state index in [9.17, 15) is 9.59 Å². The molecule has 0 spiro atoms. The summed E-state index contributed by atoms with van der Waals surface area (Å²) in [6.07, 6.45) is 11.7. The van der Waals surface area contributed by atoms with Crippen molar-refractivity contribution in [1.29, 1.82) is 0 Å². The molecule has 23 heavy (non-hydrogen) atoms. The smallest absolute Gasteiger partial charge is 0.222 e. The van der Waals surface area contributed by atoms with Gasteiger partial charge in [-0.1, -0.05) is 0 Å². The van der Waals surface area contributed by atoms with Gasteiger partial charge in [0.1, 0.15) is 0 Å². The molecule has 1 aliphatic heterocycles. The van der Waals surface area contributed by atoms with E-state index in [1.54, 1.807) is 0 Å². The molecule has 0 aromatic carbocycles. The molecule has 1 heterocycles. The second kappa shape index (κ2) is 6.10. The van der Waals surface area contributed by atoms with Crippen LogP contribution in [0.5, 0.6) is 0 Å². The van der Waals surface area contributed by atoms with Crippen molar-refractivity contribution in [3.05, 3.63) is 0 Å². The molecule has 0 atom stereocenters. The highest BCUT2D eigenvalue weighted by Gasteiger charge is 2.51. The third-order valence-corrected chi connectivity index (χ3v) is 6.83. The van der Waals surface area contributed by atoms with Crippen molar-refractivity contribution in [3.63, 3.8) is 0 Å². The van der Waals surface area contributed by atoms with Gasteiger partial charge in [0.15, 0.2) is 0 Å². The molecule has 5 fully saturated rings. The normalized spacial score (nSPS) is 38.9. The number of rotatable bonds is 5. The van der Waals surface area contributed by atoms with E-state index in [4.69, 9.17) is 0 Å². The Balaban J connectivity index is 1.25. The lowest BCUT2D eigenvalue weighted by atomic mass is 9.49. The maximum absolute atomic E-state index is 12.4. The largest absolute Gasteiger partial charge is 0.354 e. The first-order valence-corrected chi connectivity index (χ1v) is 9.66. The molecule has 1 N–H and O–H groups in total. The SMILES string of the molecule is O=C(CC12CC3CC(CC(C3)C1)C2)NCCN1CCCCC1=O. The fourth-order valence-electron chi connectivity index (χ4n) is 6.34. The molecule has 0 aromatic rings. The van der Waals surface area contributed by atoms with E-state index < -0.39 is 0 Å². The topological polar surface area (TPSA) is 49.4 Å². The monoisotopic (exact) mass is 318 g/mol. The van der Waals surface area contributed by atoms with Crippen LogP contribution in [-0.2, 0) is 9.59 Å². The van der Waals surface area contributed by atoms with E-state index in [1.165, 1.54) is 38.5 Å². The summed E-state index contributed by atoms with van der Waals surface area (Å²) >= 11 is 0. The highest BCUT2D eigenvalue weighted by molar-refractivity contribution is 5.78. The van der Waals surface area contributed by atoms with E-state index in [-0.39, 0.29) is 11.8 Å². The van der Waals surface area contributed by atoms with Crippen LogP contribution >= 0.6 is 0 Å². The number of carbonyl (C=O) groups is 2. The van der Waals surface area contributed by atoms with Crippen molar-refractivity contribution >= 4 is 11.8 Å². The van der Waals surface area contributed by atoms with Gasteiger partial charge in [-0.15, -0.1) is 0 Å². The summed E-state index contributed by atoms with van der Waals surface area (Å²) in [6, 6.07) is 0. The maximum Gasteiger partial charge on any atom is 0.222 e. The Morgan fingerprint density at radius 2 is 1.74 bits per heavy atom. The van der Waals surface area contributed by atoms with Gasteiger partial charge in [-0.2, -0.15) is 0 Å². The standard InChI is InChI=1S/C19H30N2O2/c22-17(20-4-6-21-5-2-1-3-18(21)23)13-19-10-14-7-15(11-19)9-16(8-14)12-19/h14-16H,1-13H2,(H,20,22). The minimum Gasteiger partial charge on any atom is -0.354 e. The Labute approximate surface area is 139 Å². The Kier molecular flexibility index (Phi) is 4.10. The minimum atomic E-state index is 0.219. The molecule has 4 nitrogen and oxygen atoms in total. The zero-order valence-electron chi connectivity index (χ0n) is 14.2. The molecule has 4 bridgehead atoms. The molecule has 4 heteroatoms. The summed E-state index contributed by atoms with van der Waals surface area (Å²) in [5.41, 5.74) is 0.319. The van der Waals surface area contributed by atoms with Gasteiger partial charge >= 0.3 is 0 Å². The molecule has 5 rings (SSSR count). The summed E-state index contributed by atoms with van der Waals surface area (Å²) in [7, 11) is 0. The van der Waals surface area contributed by atoms with Crippen LogP contribution in [-0.4, -0.2) is 36.3 Å². The van der Waals surface area contributed by atoms with E-state index in [1.807, 2.05) is 4.90 Å². The summed E-state index contributed by atoms with van der Waals surface area (Å²) in [5.74, 6) is 3.18.